The number of carbonyl (C=O) groups excluding carboxylic acids is 3. The summed E-state index contributed by atoms with van der Waals surface area (Å²) in [5, 5.41) is 2.29. The van der Waals surface area contributed by atoms with Crippen molar-refractivity contribution in [1.29, 1.82) is 0 Å². The Balaban J connectivity index is 1.70. The molecule has 2 amide bonds. The van der Waals surface area contributed by atoms with Gasteiger partial charge < -0.3 is 19.6 Å². The van der Waals surface area contributed by atoms with Gasteiger partial charge in [0.15, 0.2) is 0 Å². The van der Waals surface area contributed by atoms with Crippen LogP contribution >= 0.6 is 0 Å². The van der Waals surface area contributed by atoms with Crippen molar-refractivity contribution in [3.05, 3.63) is 84.4 Å². The van der Waals surface area contributed by atoms with E-state index in [2.05, 4.69) is 16.7 Å². The molecule has 0 aliphatic rings. The molecule has 0 radical (unpaired) electrons. The topological polar surface area (TPSA) is 103 Å². The maximum Gasteiger partial charge on any atom is 0.533 e. The maximum atomic E-state index is 12.0. The molecular formula is C20H20N2O6. The number of benzene rings is 2. The molecule has 1 atom stereocenters. The van der Waals surface area contributed by atoms with Crippen LogP contribution in [0.1, 0.15) is 11.1 Å². The lowest BCUT2D eigenvalue weighted by molar-refractivity contribution is -0.132. The van der Waals surface area contributed by atoms with Gasteiger partial charge in [0, 0.05) is 0 Å². The molecule has 8 nitrogen and oxygen atoms in total. The lowest BCUT2D eigenvalue weighted by Crippen LogP contribution is -2.46. The first kappa shape index (κ1) is 20.5. The lowest BCUT2D eigenvalue weighted by atomic mass is 10.2. The molecule has 0 aliphatic carbocycles. The number of alkyl carbamates (subject to hydrolysis) is 1. The fraction of sp³-hybridized carbons (Fsp3) is 0.150. The number of rotatable bonds is 7. The van der Waals surface area contributed by atoms with Gasteiger partial charge in [-0.3, -0.25) is 4.79 Å². The molecule has 0 fully saturated rings. The minimum Gasteiger partial charge on any atom is -0.445 e. The van der Waals surface area contributed by atoms with Gasteiger partial charge in [-0.2, -0.15) is 5.48 Å². The summed E-state index contributed by atoms with van der Waals surface area (Å²) < 4.78 is 9.86. The van der Waals surface area contributed by atoms with E-state index in [1.807, 2.05) is 29.7 Å². The van der Waals surface area contributed by atoms with E-state index < -0.39 is 24.2 Å². The first-order valence-corrected chi connectivity index (χ1v) is 8.35. The normalized spacial score (nSPS) is 10.9. The van der Waals surface area contributed by atoms with E-state index in [1.165, 1.54) is 0 Å². The van der Waals surface area contributed by atoms with E-state index in [-0.39, 0.29) is 13.2 Å². The highest BCUT2D eigenvalue weighted by atomic mass is 16.8. The van der Waals surface area contributed by atoms with Gasteiger partial charge in [-0.05, 0) is 11.1 Å². The third kappa shape index (κ3) is 7.20. The molecule has 2 aromatic rings. The zero-order valence-corrected chi connectivity index (χ0v) is 15.0. The number of hydrogen-bond donors (Lipinski definition) is 2. The van der Waals surface area contributed by atoms with Crippen molar-refractivity contribution in [2.24, 2.45) is 0 Å². The number of nitrogens with one attached hydrogen (secondary N) is 2. The van der Waals surface area contributed by atoms with Crippen molar-refractivity contribution in [3.8, 4) is 0 Å². The van der Waals surface area contributed by atoms with Crippen LogP contribution in [0.25, 0.3) is 0 Å². The Morgan fingerprint density at radius 3 is 1.96 bits per heavy atom. The molecule has 28 heavy (non-hydrogen) atoms. The maximum absolute atomic E-state index is 12.0. The molecule has 0 saturated heterocycles. The first-order chi connectivity index (χ1) is 13.6. The highest BCUT2D eigenvalue weighted by Crippen LogP contribution is 2.02. The Morgan fingerprint density at radius 2 is 1.43 bits per heavy atom. The zero-order valence-electron chi connectivity index (χ0n) is 15.0. The quantitative estimate of drug-likeness (QED) is 0.432. The zero-order chi connectivity index (χ0) is 20.2. The van der Waals surface area contributed by atoms with Gasteiger partial charge in [0.25, 0.3) is 5.91 Å². The van der Waals surface area contributed by atoms with Crippen LogP contribution in [-0.4, -0.2) is 24.2 Å². The summed E-state index contributed by atoms with van der Waals surface area (Å²) in [6.07, 6.45) is -0.750. The van der Waals surface area contributed by atoms with E-state index in [0.717, 1.165) is 17.2 Å². The highest BCUT2D eigenvalue weighted by Gasteiger charge is 2.20. The van der Waals surface area contributed by atoms with E-state index in [1.54, 1.807) is 36.4 Å². The predicted octanol–water partition coefficient (Wildman–Crippen LogP) is 2.85. The summed E-state index contributed by atoms with van der Waals surface area (Å²) in [5.74, 6) is -0.816. The molecule has 0 aliphatic heterocycles. The molecule has 2 rings (SSSR count). The SMILES string of the molecule is C=CC(NC(=O)OCc1ccccc1)C(=O)NOC(=O)OCc1ccccc1. The van der Waals surface area contributed by atoms with Gasteiger partial charge in [0.05, 0.1) is 0 Å². The van der Waals surface area contributed by atoms with Crippen LogP contribution in [0.5, 0.6) is 0 Å². The van der Waals surface area contributed by atoms with Crippen LogP contribution in [0.4, 0.5) is 9.59 Å². The molecule has 0 saturated carbocycles. The van der Waals surface area contributed by atoms with Crippen molar-refractivity contribution < 1.29 is 28.7 Å². The van der Waals surface area contributed by atoms with E-state index >= 15 is 0 Å². The van der Waals surface area contributed by atoms with Crippen molar-refractivity contribution in [2.75, 3.05) is 0 Å². The molecule has 0 bridgehead atoms. The van der Waals surface area contributed by atoms with Gasteiger partial charge in [-0.25, -0.2) is 9.59 Å². The third-order valence-electron chi connectivity index (χ3n) is 3.44. The second kappa shape index (κ2) is 11.0. The Bertz CT molecular complexity index is 795. The number of hydroxylamine groups is 1. The highest BCUT2D eigenvalue weighted by molar-refractivity contribution is 5.87. The Hall–Kier alpha value is -3.81. The van der Waals surface area contributed by atoms with Gasteiger partial charge in [-0.15, -0.1) is 6.58 Å². The molecule has 0 aromatic heterocycles. The smallest absolute Gasteiger partial charge is 0.445 e. The fourth-order valence-corrected chi connectivity index (χ4v) is 2.02. The summed E-state index contributed by atoms with van der Waals surface area (Å²) in [5.41, 5.74) is 3.45. The first-order valence-electron chi connectivity index (χ1n) is 8.35. The van der Waals surface area contributed by atoms with Gasteiger partial charge in [-0.1, -0.05) is 66.7 Å². The summed E-state index contributed by atoms with van der Waals surface area (Å²) >= 11 is 0. The van der Waals surface area contributed by atoms with Crippen LogP contribution in [0, 0.1) is 0 Å². The standard InChI is InChI=1S/C20H20N2O6/c1-2-17(21-19(24)26-13-15-9-5-3-6-10-15)18(23)22-28-20(25)27-14-16-11-7-4-8-12-16/h2-12,17H,1,13-14H2,(H,21,24)(H,22,23). The van der Waals surface area contributed by atoms with Crippen molar-refractivity contribution >= 4 is 18.2 Å². The number of amides is 2. The Labute approximate surface area is 162 Å². The second-order valence-corrected chi connectivity index (χ2v) is 5.51. The fourth-order valence-electron chi connectivity index (χ4n) is 2.02. The number of carbonyl (C=O) groups is 3. The number of hydrogen-bond acceptors (Lipinski definition) is 6. The molecule has 1 unspecified atom stereocenters. The molecule has 0 spiro atoms. The monoisotopic (exact) mass is 384 g/mol. The van der Waals surface area contributed by atoms with Crippen LogP contribution < -0.4 is 10.8 Å². The summed E-state index contributed by atoms with van der Waals surface area (Å²) in [7, 11) is 0. The van der Waals surface area contributed by atoms with Crippen LogP contribution in [0.2, 0.25) is 0 Å². The summed E-state index contributed by atoms with van der Waals surface area (Å²) in [6, 6.07) is 16.8. The minimum absolute atomic E-state index is 0.00943. The van der Waals surface area contributed by atoms with Crippen LogP contribution in [-0.2, 0) is 32.3 Å². The average molecular weight is 384 g/mol. The molecule has 2 N–H and O–H groups in total. The Morgan fingerprint density at radius 1 is 0.893 bits per heavy atom. The molecule has 8 heteroatoms. The van der Waals surface area contributed by atoms with E-state index in [9.17, 15) is 14.4 Å². The number of ether oxygens (including phenoxy) is 2. The molecule has 146 valence electrons. The van der Waals surface area contributed by atoms with E-state index in [0.29, 0.717) is 0 Å². The Kier molecular flexibility index (Phi) is 8.07. The largest absolute Gasteiger partial charge is 0.533 e. The molecule has 2 aromatic carbocycles. The lowest BCUT2D eigenvalue weighted by Gasteiger charge is -2.14. The minimum atomic E-state index is -1.16. The second-order valence-electron chi connectivity index (χ2n) is 5.51. The molecular weight excluding hydrogens is 364 g/mol. The average Bonchev–Trinajstić information content (AvgIpc) is 2.74. The molecule has 0 heterocycles. The summed E-state index contributed by atoms with van der Waals surface area (Å²) in [6.45, 7) is 3.49. The van der Waals surface area contributed by atoms with Crippen molar-refractivity contribution in [1.82, 2.24) is 10.8 Å². The van der Waals surface area contributed by atoms with Gasteiger partial charge in [0.1, 0.15) is 19.3 Å². The predicted molar refractivity (Wildman–Crippen MR) is 99.6 cm³/mol. The van der Waals surface area contributed by atoms with Gasteiger partial charge in [0.2, 0.25) is 0 Å². The van der Waals surface area contributed by atoms with Crippen molar-refractivity contribution in [3.63, 3.8) is 0 Å². The van der Waals surface area contributed by atoms with Crippen LogP contribution in [0.3, 0.4) is 0 Å². The van der Waals surface area contributed by atoms with E-state index in [4.69, 9.17) is 9.47 Å². The van der Waals surface area contributed by atoms with Crippen LogP contribution in [0.15, 0.2) is 73.3 Å². The van der Waals surface area contributed by atoms with Gasteiger partial charge >= 0.3 is 12.2 Å². The van der Waals surface area contributed by atoms with Crippen molar-refractivity contribution in [2.45, 2.75) is 19.3 Å². The third-order valence-corrected chi connectivity index (χ3v) is 3.44. The summed E-state index contributed by atoms with van der Waals surface area (Å²) in [4.78, 5) is 39.8.